The van der Waals surface area contributed by atoms with Gasteiger partial charge in [0.25, 0.3) is 11.6 Å². The van der Waals surface area contributed by atoms with Gasteiger partial charge in [-0.05, 0) is 34.6 Å². The highest BCUT2D eigenvalue weighted by Gasteiger charge is 2.32. The van der Waals surface area contributed by atoms with E-state index in [0.717, 1.165) is 6.07 Å². The first-order valence-electron chi connectivity index (χ1n) is 8.74. The van der Waals surface area contributed by atoms with Gasteiger partial charge in [-0.15, -0.1) is 0 Å². The minimum absolute atomic E-state index is 0.0812. The molecule has 2 rings (SSSR count). The minimum atomic E-state index is -1.09. The predicted molar refractivity (Wildman–Crippen MR) is 96.1 cm³/mol. The fourth-order valence-electron chi connectivity index (χ4n) is 2.98. The molecule has 0 bridgehead atoms. The summed E-state index contributed by atoms with van der Waals surface area (Å²) in [6.07, 6.45) is -1.09. The fraction of sp³-hybridized carbons (Fsp3) is 0.556. The van der Waals surface area contributed by atoms with Crippen LogP contribution in [0.2, 0.25) is 0 Å². The van der Waals surface area contributed by atoms with Crippen LogP contribution in [0.4, 0.5) is 5.69 Å². The van der Waals surface area contributed by atoms with Crippen LogP contribution in [0.25, 0.3) is 0 Å². The largest absolute Gasteiger partial charge is 0.486 e. The number of hydrogen-bond acceptors (Lipinski definition) is 7. The summed E-state index contributed by atoms with van der Waals surface area (Å²) >= 11 is 0. The van der Waals surface area contributed by atoms with E-state index < -0.39 is 22.7 Å². The molecule has 27 heavy (non-hydrogen) atoms. The molecule has 9 heteroatoms. The molecule has 148 valence electrons. The van der Waals surface area contributed by atoms with Crippen molar-refractivity contribution in [3.8, 4) is 11.5 Å². The van der Waals surface area contributed by atoms with E-state index in [2.05, 4.69) is 0 Å². The number of esters is 1. The standard InChI is InChI=1S/C18H24N2O7/c1-10(2)19(11(3)4)17(21)12(5)27-18(22)13-8-15-16(26-7-6-25-15)9-14(13)20(23)24/h8-12H,6-7H2,1-5H3/t12-/m0/s1. The first-order chi connectivity index (χ1) is 12.6. The van der Waals surface area contributed by atoms with Crippen molar-refractivity contribution >= 4 is 17.6 Å². The van der Waals surface area contributed by atoms with E-state index in [0.29, 0.717) is 0 Å². The summed E-state index contributed by atoms with van der Waals surface area (Å²) < 4.78 is 15.9. The Kier molecular flexibility index (Phi) is 6.24. The lowest BCUT2D eigenvalue weighted by Gasteiger charge is -2.32. The summed E-state index contributed by atoms with van der Waals surface area (Å²) in [6.45, 7) is 9.42. The number of rotatable bonds is 6. The van der Waals surface area contributed by atoms with Crippen molar-refractivity contribution < 1.29 is 28.7 Å². The molecule has 0 N–H and O–H groups in total. The maximum absolute atomic E-state index is 12.6. The van der Waals surface area contributed by atoms with Crippen LogP contribution in [0.15, 0.2) is 12.1 Å². The second-order valence-corrected chi connectivity index (χ2v) is 6.75. The zero-order valence-electron chi connectivity index (χ0n) is 16.1. The number of benzene rings is 1. The summed E-state index contributed by atoms with van der Waals surface area (Å²) in [5, 5.41) is 11.3. The van der Waals surface area contributed by atoms with Gasteiger partial charge in [0.2, 0.25) is 0 Å². The lowest BCUT2D eigenvalue weighted by molar-refractivity contribution is -0.385. The highest BCUT2D eigenvalue weighted by Crippen LogP contribution is 2.37. The van der Waals surface area contributed by atoms with Crippen LogP contribution in [0.5, 0.6) is 11.5 Å². The summed E-state index contributed by atoms with van der Waals surface area (Å²) in [7, 11) is 0. The predicted octanol–water partition coefficient (Wildman–Crippen LogP) is 2.56. The topological polar surface area (TPSA) is 108 Å². The molecule has 0 unspecified atom stereocenters. The average Bonchev–Trinajstić information content (AvgIpc) is 2.59. The molecule has 9 nitrogen and oxygen atoms in total. The molecule has 0 spiro atoms. The van der Waals surface area contributed by atoms with Gasteiger partial charge in [-0.2, -0.15) is 0 Å². The molecule has 0 aromatic heterocycles. The first kappa shape index (κ1) is 20.5. The number of ether oxygens (including phenoxy) is 3. The van der Waals surface area contributed by atoms with Crippen LogP contribution in [-0.2, 0) is 9.53 Å². The van der Waals surface area contributed by atoms with E-state index in [4.69, 9.17) is 14.2 Å². The Hall–Kier alpha value is -2.84. The number of nitrogens with zero attached hydrogens (tertiary/aromatic N) is 2. The second-order valence-electron chi connectivity index (χ2n) is 6.75. The lowest BCUT2D eigenvalue weighted by Crippen LogP contribution is -2.47. The summed E-state index contributed by atoms with van der Waals surface area (Å²) in [6, 6.07) is 2.19. The van der Waals surface area contributed by atoms with Crippen molar-refractivity contribution in [2.45, 2.75) is 52.8 Å². The third-order valence-electron chi connectivity index (χ3n) is 4.08. The second kappa shape index (κ2) is 8.24. The van der Waals surface area contributed by atoms with Gasteiger partial charge in [-0.1, -0.05) is 0 Å². The molecule has 0 radical (unpaired) electrons. The average molecular weight is 380 g/mol. The summed E-state index contributed by atoms with van der Waals surface area (Å²) in [5.74, 6) is -0.913. The Morgan fingerprint density at radius 1 is 1.07 bits per heavy atom. The Bertz CT molecular complexity index is 737. The maximum Gasteiger partial charge on any atom is 0.346 e. The van der Waals surface area contributed by atoms with Gasteiger partial charge < -0.3 is 19.1 Å². The van der Waals surface area contributed by atoms with Gasteiger partial charge in [0, 0.05) is 18.2 Å². The molecule has 0 saturated carbocycles. The number of hydrogen-bond donors (Lipinski definition) is 0. The van der Waals surface area contributed by atoms with Crippen LogP contribution in [0.3, 0.4) is 0 Å². The highest BCUT2D eigenvalue weighted by molar-refractivity contribution is 5.96. The Morgan fingerprint density at radius 3 is 2.07 bits per heavy atom. The fourth-order valence-corrected chi connectivity index (χ4v) is 2.98. The molecule has 1 aromatic carbocycles. The number of carbonyl (C=O) groups is 2. The number of amides is 1. The normalized spacial score (nSPS) is 14.0. The van der Waals surface area contributed by atoms with Crippen molar-refractivity contribution in [3.05, 3.63) is 27.8 Å². The zero-order valence-corrected chi connectivity index (χ0v) is 16.1. The Labute approximate surface area is 157 Å². The molecule has 0 fully saturated rings. The Morgan fingerprint density at radius 2 is 1.59 bits per heavy atom. The van der Waals surface area contributed by atoms with Crippen LogP contribution in [-0.4, -0.2) is 53.1 Å². The minimum Gasteiger partial charge on any atom is -0.486 e. The summed E-state index contributed by atoms with van der Waals surface area (Å²) in [5.41, 5.74) is -0.752. The van der Waals surface area contributed by atoms with Crippen LogP contribution < -0.4 is 9.47 Å². The van der Waals surface area contributed by atoms with Gasteiger partial charge in [0.15, 0.2) is 17.6 Å². The van der Waals surface area contributed by atoms with E-state index in [1.807, 2.05) is 27.7 Å². The Balaban J connectivity index is 2.27. The van der Waals surface area contributed by atoms with Crippen molar-refractivity contribution in [1.29, 1.82) is 0 Å². The van der Waals surface area contributed by atoms with E-state index in [1.54, 1.807) is 4.90 Å². The van der Waals surface area contributed by atoms with Gasteiger partial charge >= 0.3 is 5.97 Å². The van der Waals surface area contributed by atoms with Crippen LogP contribution >= 0.6 is 0 Å². The van der Waals surface area contributed by atoms with E-state index in [-0.39, 0.29) is 48.3 Å². The monoisotopic (exact) mass is 380 g/mol. The molecule has 1 aliphatic heterocycles. The number of carbonyl (C=O) groups excluding carboxylic acids is 2. The van der Waals surface area contributed by atoms with Crippen LogP contribution in [0, 0.1) is 10.1 Å². The van der Waals surface area contributed by atoms with Gasteiger partial charge in [-0.25, -0.2) is 4.79 Å². The molecule has 1 amide bonds. The molecule has 1 heterocycles. The molecular formula is C18H24N2O7. The summed E-state index contributed by atoms with van der Waals surface area (Å²) in [4.78, 5) is 37.4. The SMILES string of the molecule is CC(C)N(C(=O)[C@H](C)OC(=O)c1cc2c(cc1[N+](=O)[O-])OCCO2)C(C)C. The molecule has 1 aliphatic rings. The van der Waals surface area contributed by atoms with E-state index >= 15 is 0 Å². The van der Waals surface area contributed by atoms with Crippen LogP contribution in [0.1, 0.15) is 45.0 Å². The number of nitro benzene ring substituents is 1. The van der Waals surface area contributed by atoms with Gasteiger partial charge in [0.05, 0.1) is 11.0 Å². The third kappa shape index (κ3) is 4.47. The number of fused-ring (bicyclic) bond motifs is 1. The van der Waals surface area contributed by atoms with E-state index in [9.17, 15) is 19.7 Å². The maximum atomic E-state index is 12.6. The smallest absolute Gasteiger partial charge is 0.346 e. The number of nitro groups is 1. The lowest BCUT2D eigenvalue weighted by atomic mass is 10.1. The quantitative estimate of drug-likeness (QED) is 0.424. The van der Waals surface area contributed by atoms with Crippen molar-refractivity contribution in [1.82, 2.24) is 4.90 Å². The van der Waals surface area contributed by atoms with E-state index in [1.165, 1.54) is 13.0 Å². The van der Waals surface area contributed by atoms with Gasteiger partial charge in [0.1, 0.15) is 18.8 Å². The van der Waals surface area contributed by atoms with Crippen molar-refractivity contribution in [2.24, 2.45) is 0 Å². The highest BCUT2D eigenvalue weighted by atomic mass is 16.6. The zero-order chi connectivity index (χ0) is 20.3. The third-order valence-corrected chi connectivity index (χ3v) is 4.08. The molecule has 1 atom stereocenters. The molecule has 0 aliphatic carbocycles. The molecule has 1 aromatic rings. The van der Waals surface area contributed by atoms with Crippen molar-refractivity contribution in [2.75, 3.05) is 13.2 Å². The van der Waals surface area contributed by atoms with Crippen molar-refractivity contribution in [3.63, 3.8) is 0 Å². The van der Waals surface area contributed by atoms with Gasteiger partial charge in [-0.3, -0.25) is 14.9 Å². The first-order valence-corrected chi connectivity index (χ1v) is 8.74. The molecular weight excluding hydrogens is 356 g/mol. The molecule has 0 saturated heterocycles.